The largest absolute Gasteiger partial charge is 0.481 e. The first-order chi connectivity index (χ1) is 7.70. The normalized spacial score (nSPS) is 24.6. The molecule has 2 atom stereocenters. The zero-order valence-corrected chi connectivity index (χ0v) is 8.82. The number of carboxylic acid groups (broad SMARTS) is 1. The van der Waals surface area contributed by atoms with Crippen LogP contribution in [0.2, 0.25) is 0 Å². The lowest BCUT2D eigenvalue weighted by Gasteiger charge is -2.10. The summed E-state index contributed by atoms with van der Waals surface area (Å²) in [5.41, 5.74) is 1.68. The van der Waals surface area contributed by atoms with E-state index in [0.717, 1.165) is 5.56 Å². The Morgan fingerprint density at radius 3 is 2.62 bits per heavy atom. The van der Waals surface area contributed by atoms with E-state index < -0.39 is 12.6 Å². The van der Waals surface area contributed by atoms with Crippen LogP contribution in [0, 0.1) is 5.92 Å². The molecule has 0 radical (unpaired) electrons. The standard InChI is InChI=1S/C12H14FNO2/c13-6-8-1-3-9(4-2-8)11-5-10(7-14-11)12(15)16/h1-4,10-11,14H,5-7H2,(H,15,16). The minimum absolute atomic E-state index is 0.0785. The minimum atomic E-state index is -0.754. The molecule has 1 aliphatic heterocycles. The Labute approximate surface area is 93.3 Å². The second kappa shape index (κ2) is 4.61. The molecule has 1 heterocycles. The van der Waals surface area contributed by atoms with Gasteiger partial charge in [-0.1, -0.05) is 24.3 Å². The van der Waals surface area contributed by atoms with Crippen molar-refractivity contribution < 1.29 is 14.3 Å². The van der Waals surface area contributed by atoms with Gasteiger partial charge in [-0.15, -0.1) is 0 Å². The first kappa shape index (κ1) is 11.1. The number of carbonyl (C=O) groups is 1. The summed E-state index contributed by atoms with van der Waals surface area (Å²) in [6, 6.07) is 7.28. The fourth-order valence-electron chi connectivity index (χ4n) is 2.02. The van der Waals surface area contributed by atoms with E-state index in [-0.39, 0.29) is 12.0 Å². The number of benzene rings is 1. The van der Waals surface area contributed by atoms with Gasteiger partial charge in [0.05, 0.1) is 5.92 Å². The Bertz CT molecular complexity index is 377. The number of halogens is 1. The lowest BCUT2D eigenvalue weighted by Crippen LogP contribution is -2.17. The van der Waals surface area contributed by atoms with Crippen LogP contribution in [0.25, 0.3) is 0 Å². The zero-order valence-electron chi connectivity index (χ0n) is 8.82. The molecule has 86 valence electrons. The second-order valence-corrected chi connectivity index (χ2v) is 4.11. The van der Waals surface area contributed by atoms with Crippen LogP contribution in [0.15, 0.2) is 24.3 Å². The highest BCUT2D eigenvalue weighted by Crippen LogP contribution is 2.27. The summed E-state index contributed by atoms with van der Waals surface area (Å²) < 4.78 is 12.3. The number of hydrogen-bond donors (Lipinski definition) is 2. The van der Waals surface area contributed by atoms with Gasteiger partial charge in [-0.25, -0.2) is 4.39 Å². The fourth-order valence-corrected chi connectivity index (χ4v) is 2.02. The molecular formula is C12H14FNO2. The smallest absolute Gasteiger partial charge is 0.307 e. The highest BCUT2D eigenvalue weighted by molar-refractivity contribution is 5.70. The molecule has 3 nitrogen and oxygen atoms in total. The van der Waals surface area contributed by atoms with Gasteiger partial charge in [0, 0.05) is 12.6 Å². The SMILES string of the molecule is O=C(O)C1CNC(c2ccc(CF)cc2)C1. The minimum Gasteiger partial charge on any atom is -0.481 e. The van der Waals surface area contributed by atoms with Gasteiger partial charge >= 0.3 is 5.97 Å². The van der Waals surface area contributed by atoms with Crippen molar-refractivity contribution >= 4 is 5.97 Å². The molecule has 2 unspecified atom stereocenters. The summed E-state index contributed by atoms with van der Waals surface area (Å²) in [5, 5.41) is 12.0. The van der Waals surface area contributed by atoms with Crippen molar-refractivity contribution in [2.24, 2.45) is 5.92 Å². The average molecular weight is 223 g/mol. The van der Waals surface area contributed by atoms with Crippen molar-refractivity contribution in [1.82, 2.24) is 5.32 Å². The van der Waals surface area contributed by atoms with Crippen molar-refractivity contribution in [3.8, 4) is 0 Å². The molecule has 0 amide bonds. The van der Waals surface area contributed by atoms with Gasteiger partial charge in [0.25, 0.3) is 0 Å². The van der Waals surface area contributed by atoms with Gasteiger partial charge in [-0.3, -0.25) is 4.79 Å². The van der Waals surface area contributed by atoms with Crippen LogP contribution in [0.3, 0.4) is 0 Å². The molecule has 0 bridgehead atoms. The first-order valence-corrected chi connectivity index (χ1v) is 5.31. The molecule has 1 aliphatic rings. The number of rotatable bonds is 3. The number of alkyl halides is 1. The second-order valence-electron chi connectivity index (χ2n) is 4.11. The fraction of sp³-hybridized carbons (Fsp3) is 0.417. The lowest BCUT2D eigenvalue weighted by atomic mass is 9.99. The van der Waals surface area contributed by atoms with Crippen molar-refractivity contribution in [3.63, 3.8) is 0 Å². The molecule has 2 N–H and O–H groups in total. The van der Waals surface area contributed by atoms with Gasteiger partial charge in [-0.2, -0.15) is 0 Å². The Kier molecular flexibility index (Phi) is 3.19. The third-order valence-electron chi connectivity index (χ3n) is 3.02. The summed E-state index contributed by atoms with van der Waals surface area (Å²) in [6.07, 6.45) is 0.601. The van der Waals surface area contributed by atoms with Crippen LogP contribution in [-0.2, 0) is 11.5 Å². The molecular weight excluding hydrogens is 209 g/mol. The summed E-state index contributed by atoms with van der Waals surface area (Å²) in [6.45, 7) is 0.0426. The van der Waals surface area contributed by atoms with E-state index >= 15 is 0 Å². The quantitative estimate of drug-likeness (QED) is 0.822. The Morgan fingerprint density at radius 2 is 2.12 bits per heavy atom. The molecule has 2 rings (SSSR count). The van der Waals surface area contributed by atoms with Crippen molar-refractivity contribution in [1.29, 1.82) is 0 Å². The molecule has 1 saturated heterocycles. The van der Waals surface area contributed by atoms with Crippen LogP contribution < -0.4 is 5.32 Å². The molecule has 1 fully saturated rings. The Balaban J connectivity index is 2.05. The van der Waals surface area contributed by atoms with Crippen LogP contribution in [-0.4, -0.2) is 17.6 Å². The van der Waals surface area contributed by atoms with Gasteiger partial charge in [0.2, 0.25) is 0 Å². The first-order valence-electron chi connectivity index (χ1n) is 5.31. The molecule has 0 aromatic heterocycles. The van der Waals surface area contributed by atoms with E-state index in [4.69, 9.17) is 5.11 Å². The molecule has 1 aromatic carbocycles. The third-order valence-corrected chi connectivity index (χ3v) is 3.02. The Morgan fingerprint density at radius 1 is 1.44 bits per heavy atom. The maximum atomic E-state index is 12.3. The summed E-state index contributed by atoms with van der Waals surface area (Å²) in [7, 11) is 0. The molecule has 0 saturated carbocycles. The van der Waals surface area contributed by atoms with E-state index in [1.54, 1.807) is 12.1 Å². The van der Waals surface area contributed by atoms with E-state index in [9.17, 15) is 9.18 Å². The molecule has 1 aromatic rings. The van der Waals surface area contributed by atoms with E-state index in [2.05, 4.69) is 5.32 Å². The number of hydrogen-bond acceptors (Lipinski definition) is 2. The zero-order chi connectivity index (χ0) is 11.5. The highest BCUT2D eigenvalue weighted by Gasteiger charge is 2.29. The lowest BCUT2D eigenvalue weighted by molar-refractivity contribution is -0.141. The van der Waals surface area contributed by atoms with Crippen molar-refractivity contribution in [3.05, 3.63) is 35.4 Å². The van der Waals surface area contributed by atoms with Crippen molar-refractivity contribution in [2.45, 2.75) is 19.1 Å². The van der Waals surface area contributed by atoms with Crippen molar-refractivity contribution in [2.75, 3.05) is 6.54 Å². The van der Waals surface area contributed by atoms with Crippen LogP contribution in [0.5, 0.6) is 0 Å². The van der Waals surface area contributed by atoms with Crippen LogP contribution in [0.4, 0.5) is 4.39 Å². The van der Waals surface area contributed by atoms with E-state index in [1.807, 2.05) is 12.1 Å². The van der Waals surface area contributed by atoms with Crippen LogP contribution in [0.1, 0.15) is 23.6 Å². The number of carboxylic acids is 1. The number of aliphatic carboxylic acids is 1. The van der Waals surface area contributed by atoms with Gasteiger partial charge < -0.3 is 10.4 Å². The summed E-state index contributed by atoms with van der Waals surface area (Å²) in [4.78, 5) is 10.8. The van der Waals surface area contributed by atoms with Gasteiger partial charge in [0.15, 0.2) is 0 Å². The number of nitrogens with one attached hydrogen (secondary N) is 1. The summed E-state index contributed by atoms with van der Waals surface area (Å²) >= 11 is 0. The average Bonchev–Trinajstić information content (AvgIpc) is 2.78. The maximum absolute atomic E-state index is 12.3. The Hall–Kier alpha value is -1.42. The molecule has 0 spiro atoms. The van der Waals surface area contributed by atoms with Gasteiger partial charge in [-0.05, 0) is 17.5 Å². The topological polar surface area (TPSA) is 49.3 Å². The molecule has 0 aliphatic carbocycles. The van der Waals surface area contributed by atoms with E-state index in [0.29, 0.717) is 18.5 Å². The third kappa shape index (κ3) is 2.22. The molecule has 4 heteroatoms. The predicted molar refractivity (Wildman–Crippen MR) is 57.7 cm³/mol. The monoisotopic (exact) mass is 223 g/mol. The van der Waals surface area contributed by atoms with Crippen LogP contribution >= 0.6 is 0 Å². The summed E-state index contributed by atoms with van der Waals surface area (Å²) in [5.74, 6) is -1.07. The highest BCUT2D eigenvalue weighted by atomic mass is 19.1. The molecule has 16 heavy (non-hydrogen) atoms. The predicted octanol–water partition coefficient (Wildman–Crippen LogP) is 1.89. The maximum Gasteiger partial charge on any atom is 0.307 e. The van der Waals surface area contributed by atoms with E-state index in [1.165, 1.54) is 0 Å². The van der Waals surface area contributed by atoms with Gasteiger partial charge in [0.1, 0.15) is 6.67 Å².